The molecule has 1 aromatic carbocycles. The Balaban J connectivity index is 1.54. The number of aromatic hydroxyl groups is 1. The van der Waals surface area contributed by atoms with Gasteiger partial charge in [0, 0.05) is 29.9 Å². The van der Waals surface area contributed by atoms with Crippen LogP contribution in [0, 0.1) is 11.8 Å². The largest absolute Gasteiger partial charge is 0.506 e. The van der Waals surface area contributed by atoms with Crippen LogP contribution in [0.25, 0.3) is 5.69 Å². The fraction of sp³-hybridized carbons (Fsp3) is 0.471. The van der Waals surface area contributed by atoms with Crippen LogP contribution >= 0.6 is 15.9 Å². The average molecular weight is 407 g/mol. The number of hydrogen-bond acceptors (Lipinski definition) is 4. The normalized spacial score (nSPS) is 20.2. The van der Waals surface area contributed by atoms with Gasteiger partial charge in [-0.15, -0.1) is 0 Å². The molecule has 2 fully saturated rings. The molecular formula is C17H19BrN4O3. The first-order chi connectivity index (χ1) is 12.0. The summed E-state index contributed by atoms with van der Waals surface area (Å²) in [7, 11) is 0. The number of carbonyl (C=O) groups excluding carboxylic acids is 1. The molecule has 7 nitrogen and oxygen atoms in total. The molecule has 0 bridgehead atoms. The summed E-state index contributed by atoms with van der Waals surface area (Å²) in [6.45, 7) is 1.49. The molecule has 2 aromatic rings. The highest BCUT2D eigenvalue weighted by molar-refractivity contribution is 9.10. The molecule has 1 amide bonds. The van der Waals surface area contributed by atoms with E-state index in [1.807, 2.05) is 4.90 Å². The van der Waals surface area contributed by atoms with E-state index in [0.29, 0.717) is 24.5 Å². The van der Waals surface area contributed by atoms with Gasteiger partial charge in [-0.1, -0.05) is 15.9 Å². The lowest BCUT2D eigenvalue weighted by Gasteiger charge is -2.16. The van der Waals surface area contributed by atoms with Gasteiger partial charge in [0.2, 0.25) is 5.91 Å². The second kappa shape index (κ2) is 6.33. The molecule has 1 aromatic heterocycles. The van der Waals surface area contributed by atoms with Gasteiger partial charge in [0.05, 0.1) is 5.69 Å². The Bertz CT molecular complexity index is 871. The molecule has 2 N–H and O–H groups in total. The van der Waals surface area contributed by atoms with Crippen molar-refractivity contribution in [2.24, 2.45) is 11.8 Å². The highest BCUT2D eigenvalue weighted by Gasteiger charge is 2.37. The number of nitrogens with one attached hydrogen (secondary N) is 1. The SMILES string of the molecule is O=C(C1CC1)N1CC[C@@H](Cc2n[nH]c(=O)n2-c2ccc(Br)cc2O)C1. The van der Waals surface area contributed by atoms with Crippen LogP contribution in [-0.2, 0) is 11.2 Å². The maximum absolute atomic E-state index is 12.2. The standard InChI is InChI=1S/C17H19BrN4O3/c18-12-3-4-13(14(23)8-12)22-15(19-20-17(22)25)7-10-5-6-21(9-10)16(24)11-1-2-11/h3-4,8,10-11,23H,1-2,5-7,9H2,(H,20,25)/t10-/m0/s1. The Morgan fingerprint density at radius 3 is 2.88 bits per heavy atom. The Kier molecular flexibility index (Phi) is 4.15. The molecule has 1 atom stereocenters. The highest BCUT2D eigenvalue weighted by Crippen LogP contribution is 2.33. The van der Waals surface area contributed by atoms with E-state index in [2.05, 4.69) is 26.1 Å². The first kappa shape index (κ1) is 16.4. The van der Waals surface area contributed by atoms with Crippen LogP contribution in [0.3, 0.4) is 0 Å². The Morgan fingerprint density at radius 2 is 2.16 bits per heavy atom. The van der Waals surface area contributed by atoms with Crippen LogP contribution < -0.4 is 5.69 Å². The van der Waals surface area contributed by atoms with Gasteiger partial charge in [0.1, 0.15) is 11.6 Å². The van der Waals surface area contributed by atoms with Crippen molar-refractivity contribution in [2.75, 3.05) is 13.1 Å². The molecule has 1 aliphatic heterocycles. The van der Waals surface area contributed by atoms with Gasteiger partial charge < -0.3 is 10.0 Å². The number of rotatable bonds is 4. The number of H-pyrrole nitrogens is 1. The molecule has 1 saturated carbocycles. The van der Waals surface area contributed by atoms with E-state index >= 15 is 0 Å². The van der Waals surface area contributed by atoms with Gasteiger partial charge in [0.15, 0.2) is 0 Å². The molecule has 132 valence electrons. The molecule has 0 spiro atoms. The second-order valence-corrected chi connectivity index (χ2v) is 7.75. The van der Waals surface area contributed by atoms with E-state index in [-0.39, 0.29) is 29.2 Å². The second-order valence-electron chi connectivity index (χ2n) is 6.83. The maximum Gasteiger partial charge on any atom is 0.348 e. The lowest BCUT2D eigenvalue weighted by Crippen LogP contribution is -2.30. The van der Waals surface area contributed by atoms with Crippen molar-refractivity contribution < 1.29 is 9.90 Å². The quantitative estimate of drug-likeness (QED) is 0.809. The number of amides is 1. The first-order valence-electron chi connectivity index (χ1n) is 8.47. The first-order valence-corrected chi connectivity index (χ1v) is 9.26. The summed E-state index contributed by atoms with van der Waals surface area (Å²) >= 11 is 3.30. The molecule has 25 heavy (non-hydrogen) atoms. The zero-order valence-corrected chi connectivity index (χ0v) is 15.2. The molecule has 0 unspecified atom stereocenters. The fourth-order valence-electron chi connectivity index (χ4n) is 3.45. The number of likely N-dealkylation sites (tertiary alicyclic amines) is 1. The number of nitrogens with zero attached hydrogens (tertiary/aromatic N) is 3. The molecule has 2 aliphatic rings. The third-order valence-corrected chi connectivity index (χ3v) is 5.41. The molecular weight excluding hydrogens is 388 g/mol. The number of phenolic OH excluding ortho intramolecular Hbond substituents is 1. The van der Waals surface area contributed by atoms with Gasteiger partial charge in [-0.3, -0.25) is 4.79 Å². The summed E-state index contributed by atoms with van der Waals surface area (Å²) in [5, 5.41) is 16.8. The minimum absolute atomic E-state index is 0.0103. The van der Waals surface area contributed by atoms with Crippen molar-refractivity contribution >= 4 is 21.8 Å². The molecule has 1 aliphatic carbocycles. The van der Waals surface area contributed by atoms with Crippen LogP contribution in [0.1, 0.15) is 25.1 Å². The van der Waals surface area contributed by atoms with Gasteiger partial charge in [-0.2, -0.15) is 5.10 Å². The number of carbonyl (C=O) groups is 1. The summed E-state index contributed by atoms with van der Waals surface area (Å²) in [6.07, 6.45) is 3.53. The Hall–Kier alpha value is -2.09. The van der Waals surface area contributed by atoms with Crippen LogP contribution in [-0.4, -0.2) is 43.8 Å². The van der Waals surface area contributed by atoms with Crippen molar-refractivity contribution in [3.05, 3.63) is 39.0 Å². The van der Waals surface area contributed by atoms with E-state index in [4.69, 9.17) is 0 Å². The van der Waals surface area contributed by atoms with Gasteiger partial charge in [-0.05, 0) is 43.4 Å². The predicted octanol–water partition coefficient (Wildman–Crippen LogP) is 1.83. The summed E-state index contributed by atoms with van der Waals surface area (Å²) in [5.41, 5.74) is 0.0254. The summed E-state index contributed by atoms with van der Waals surface area (Å²) in [5.74, 6) is 1.37. The van der Waals surface area contributed by atoms with Crippen molar-refractivity contribution in [2.45, 2.75) is 25.7 Å². The molecule has 8 heteroatoms. The Labute approximate surface area is 152 Å². The summed E-state index contributed by atoms with van der Waals surface area (Å²) < 4.78 is 2.14. The minimum atomic E-state index is -0.378. The number of aromatic nitrogens is 3. The van der Waals surface area contributed by atoms with Crippen LogP contribution in [0.15, 0.2) is 27.5 Å². The lowest BCUT2D eigenvalue weighted by molar-refractivity contribution is -0.131. The zero-order chi connectivity index (χ0) is 17.6. The van der Waals surface area contributed by atoms with Crippen molar-refractivity contribution in [1.29, 1.82) is 0 Å². The van der Waals surface area contributed by atoms with E-state index in [1.54, 1.807) is 18.2 Å². The van der Waals surface area contributed by atoms with Crippen molar-refractivity contribution in [3.63, 3.8) is 0 Å². The topological polar surface area (TPSA) is 91.2 Å². The summed E-state index contributed by atoms with van der Waals surface area (Å²) in [4.78, 5) is 26.3. The third kappa shape index (κ3) is 3.22. The molecule has 4 rings (SSSR count). The maximum atomic E-state index is 12.2. The average Bonchev–Trinajstić information content (AvgIpc) is 3.23. The van der Waals surface area contributed by atoms with E-state index in [1.165, 1.54) is 4.57 Å². The van der Waals surface area contributed by atoms with E-state index < -0.39 is 0 Å². The smallest absolute Gasteiger partial charge is 0.348 e. The number of benzene rings is 1. The van der Waals surface area contributed by atoms with Gasteiger partial charge in [0.25, 0.3) is 0 Å². The number of phenols is 1. The minimum Gasteiger partial charge on any atom is -0.506 e. The van der Waals surface area contributed by atoms with E-state index in [0.717, 1.165) is 30.3 Å². The van der Waals surface area contributed by atoms with Crippen molar-refractivity contribution in [3.8, 4) is 11.4 Å². The van der Waals surface area contributed by atoms with Crippen LogP contribution in [0.4, 0.5) is 0 Å². The number of aromatic amines is 1. The lowest BCUT2D eigenvalue weighted by atomic mass is 10.0. The van der Waals surface area contributed by atoms with Crippen LogP contribution in [0.2, 0.25) is 0 Å². The van der Waals surface area contributed by atoms with Gasteiger partial charge >= 0.3 is 5.69 Å². The van der Waals surface area contributed by atoms with E-state index in [9.17, 15) is 14.7 Å². The fourth-order valence-corrected chi connectivity index (χ4v) is 3.80. The summed E-state index contributed by atoms with van der Waals surface area (Å²) in [6, 6.07) is 4.99. The third-order valence-electron chi connectivity index (χ3n) is 4.92. The molecule has 1 saturated heterocycles. The van der Waals surface area contributed by atoms with Crippen LogP contribution in [0.5, 0.6) is 5.75 Å². The number of halogens is 1. The highest BCUT2D eigenvalue weighted by atomic mass is 79.9. The van der Waals surface area contributed by atoms with Crippen molar-refractivity contribution in [1.82, 2.24) is 19.7 Å². The predicted molar refractivity (Wildman–Crippen MR) is 94.7 cm³/mol. The zero-order valence-electron chi connectivity index (χ0n) is 13.6. The Morgan fingerprint density at radius 1 is 1.36 bits per heavy atom. The monoisotopic (exact) mass is 406 g/mol. The van der Waals surface area contributed by atoms with Gasteiger partial charge in [-0.25, -0.2) is 14.5 Å². The molecule has 2 heterocycles. The number of hydrogen-bond donors (Lipinski definition) is 2. The molecule has 0 radical (unpaired) electrons.